The van der Waals surface area contributed by atoms with Crippen molar-refractivity contribution in [3.8, 4) is 0 Å². The number of aliphatic imine (C=N–C) groups is 1. The van der Waals surface area contributed by atoms with Crippen molar-refractivity contribution in [3.05, 3.63) is 36.2 Å². The average Bonchev–Trinajstić information content (AvgIpc) is 2.89. The molecule has 0 aliphatic carbocycles. The van der Waals surface area contributed by atoms with Crippen LogP contribution in [0.4, 0.5) is 5.69 Å². The quantitative estimate of drug-likeness (QED) is 0.248. The number of hydrogen-bond donors (Lipinski definition) is 4. The van der Waals surface area contributed by atoms with E-state index in [4.69, 9.17) is 5.84 Å². The standard InChI is InChI=1S/C9H12N8/c10-13-9(11-6-8-14-16-17-15-8)12-7-4-2-1-3-5-7/h1-5H,6,10H2,(H2,11,12,13)(H,14,15,16,17). The number of rotatable bonds is 3. The number of nitrogens with one attached hydrogen (secondary N) is 3. The van der Waals surface area contributed by atoms with E-state index in [-0.39, 0.29) is 6.54 Å². The van der Waals surface area contributed by atoms with Gasteiger partial charge in [-0.25, -0.2) is 10.8 Å². The predicted molar refractivity (Wildman–Crippen MR) is 62.7 cm³/mol. The molecule has 0 radical (unpaired) electrons. The summed E-state index contributed by atoms with van der Waals surface area (Å²) in [6, 6.07) is 9.56. The predicted octanol–water partition coefficient (Wildman–Crippen LogP) is -0.369. The van der Waals surface area contributed by atoms with Crippen molar-refractivity contribution in [1.29, 1.82) is 0 Å². The lowest BCUT2D eigenvalue weighted by atomic mass is 10.3. The Bertz CT molecular complexity index is 463. The number of nitrogens with zero attached hydrogens (tertiary/aromatic N) is 4. The van der Waals surface area contributed by atoms with Gasteiger partial charge in [0.2, 0.25) is 5.96 Å². The molecular formula is C9H12N8. The van der Waals surface area contributed by atoms with E-state index in [1.54, 1.807) is 0 Å². The fourth-order valence-corrected chi connectivity index (χ4v) is 1.18. The SMILES string of the molecule is NNC(=NCc1nn[nH]n1)Nc1ccccc1. The molecule has 0 amide bonds. The number of H-pyrrole nitrogens is 1. The Kier molecular flexibility index (Phi) is 3.61. The molecule has 8 nitrogen and oxygen atoms in total. The Balaban J connectivity index is 1.99. The van der Waals surface area contributed by atoms with Gasteiger partial charge in [0, 0.05) is 5.69 Å². The maximum atomic E-state index is 5.35. The van der Waals surface area contributed by atoms with Crippen molar-refractivity contribution in [2.75, 3.05) is 5.32 Å². The van der Waals surface area contributed by atoms with E-state index in [9.17, 15) is 0 Å². The molecule has 0 fully saturated rings. The average molecular weight is 232 g/mol. The molecule has 5 N–H and O–H groups in total. The van der Waals surface area contributed by atoms with Crippen molar-refractivity contribution >= 4 is 11.6 Å². The smallest absolute Gasteiger partial charge is 0.210 e. The summed E-state index contributed by atoms with van der Waals surface area (Å²) < 4.78 is 0. The Labute approximate surface area is 97.3 Å². The lowest BCUT2D eigenvalue weighted by Gasteiger charge is -2.07. The van der Waals surface area contributed by atoms with E-state index < -0.39 is 0 Å². The van der Waals surface area contributed by atoms with Gasteiger partial charge in [0.15, 0.2) is 5.82 Å². The zero-order valence-electron chi connectivity index (χ0n) is 8.96. The molecule has 0 aliphatic heterocycles. The van der Waals surface area contributed by atoms with E-state index in [1.165, 1.54) is 0 Å². The molecule has 0 atom stereocenters. The Morgan fingerprint density at radius 1 is 1.35 bits per heavy atom. The monoisotopic (exact) mass is 232 g/mol. The van der Waals surface area contributed by atoms with Crippen LogP contribution in [-0.2, 0) is 6.54 Å². The lowest BCUT2D eigenvalue weighted by Crippen LogP contribution is -2.36. The molecular weight excluding hydrogens is 220 g/mol. The lowest BCUT2D eigenvalue weighted by molar-refractivity contribution is 0.881. The third-order valence-electron chi connectivity index (χ3n) is 1.94. The molecule has 1 aromatic heterocycles. The third-order valence-corrected chi connectivity index (χ3v) is 1.94. The van der Waals surface area contributed by atoms with Crippen molar-refractivity contribution < 1.29 is 0 Å². The molecule has 2 rings (SSSR count). The highest BCUT2D eigenvalue weighted by Gasteiger charge is 1.99. The van der Waals surface area contributed by atoms with Gasteiger partial charge in [0.1, 0.15) is 6.54 Å². The van der Waals surface area contributed by atoms with E-state index in [0.29, 0.717) is 11.8 Å². The highest BCUT2D eigenvalue weighted by molar-refractivity contribution is 5.93. The number of aromatic nitrogens is 4. The number of anilines is 1. The summed E-state index contributed by atoms with van der Waals surface area (Å²) in [5.74, 6) is 6.28. The van der Waals surface area contributed by atoms with Crippen LogP contribution >= 0.6 is 0 Å². The molecule has 2 aromatic rings. The molecule has 17 heavy (non-hydrogen) atoms. The molecule has 0 bridgehead atoms. The molecule has 0 unspecified atom stereocenters. The van der Waals surface area contributed by atoms with Gasteiger partial charge in [0.05, 0.1) is 0 Å². The first-order chi connectivity index (χ1) is 8.38. The normalized spacial score (nSPS) is 11.2. The van der Waals surface area contributed by atoms with Crippen LogP contribution in [0, 0.1) is 0 Å². The molecule has 0 aliphatic rings. The summed E-state index contributed by atoms with van der Waals surface area (Å²) in [5.41, 5.74) is 3.35. The first-order valence-electron chi connectivity index (χ1n) is 4.94. The van der Waals surface area contributed by atoms with E-state index >= 15 is 0 Å². The van der Waals surface area contributed by atoms with Gasteiger partial charge in [0.25, 0.3) is 0 Å². The Hall–Kier alpha value is -2.48. The summed E-state index contributed by atoms with van der Waals surface area (Å²) in [5, 5.41) is 16.4. The highest BCUT2D eigenvalue weighted by Crippen LogP contribution is 2.04. The van der Waals surface area contributed by atoms with Gasteiger partial charge in [-0.05, 0) is 12.1 Å². The number of hydrazine groups is 1. The van der Waals surface area contributed by atoms with Gasteiger partial charge >= 0.3 is 0 Å². The number of benzene rings is 1. The van der Waals surface area contributed by atoms with Crippen LogP contribution in [0.2, 0.25) is 0 Å². The van der Waals surface area contributed by atoms with Crippen molar-refractivity contribution in [2.24, 2.45) is 10.8 Å². The van der Waals surface area contributed by atoms with Gasteiger partial charge < -0.3 is 5.32 Å². The van der Waals surface area contributed by atoms with Gasteiger partial charge in [-0.15, -0.1) is 10.2 Å². The number of tetrazole rings is 1. The summed E-state index contributed by atoms with van der Waals surface area (Å²) in [6.45, 7) is 0.288. The molecule has 1 aromatic carbocycles. The molecule has 0 saturated carbocycles. The number of para-hydroxylation sites is 1. The van der Waals surface area contributed by atoms with Gasteiger partial charge in [-0.3, -0.25) is 5.43 Å². The molecule has 88 valence electrons. The van der Waals surface area contributed by atoms with Crippen LogP contribution < -0.4 is 16.6 Å². The van der Waals surface area contributed by atoms with Crippen LogP contribution in [-0.4, -0.2) is 26.6 Å². The number of hydrogen-bond acceptors (Lipinski definition) is 5. The Morgan fingerprint density at radius 2 is 2.18 bits per heavy atom. The van der Waals surface area contributed by atoms with Crippen LogP contribution in [0.5, 0.6) is 0 Å². The fourth-order valence-electron chi connectivity index (χ4n) is 1.18. The largest absolute Gasteiger partial charge is 0.325 e. The molecule has 8 heteroatoms. The first kappa shape index (κ1) is 11.0. The topological polar surface area (TPSA) is 117 Å². The summed E-state index contributed by atoms with van der Waals surface area (Å²) in [6.07, 6.45) is 0. The second kappa shape index (κ2) is 5.56. The zero-order valence-corrected chi connectivity index (χ0v) is 8.96. The van der Waals surface area contributed by atoms with Crippen LogP contribution in [0.3, 0.4) is 0 Å². The first-order valence-corrected chi connectivity index (χ1v) is 4.94. The highest BCUT2D eigenvalue weighted by atomic mass is 15.5. The summed E-state index contributed by atoms with van der Waals surface area (Å²) in [4.78, 5) is 4.16. The van der Waals surface area contributed by atoms with Crippen LogP contribution in [0.25, 0.3) is 0 Å². The minimum atomic E-state index is 0.288. The van der Waals surface area contributed by atoms with Crippen molar-refractivity contribution in [2.45, 2.75) is 6.54 Å². The zero-order chi connectivity index (χ0) is 11.9. The number of guanidine groups is 1. The Morgan fingerprint density at radius 3 is 2.82 bits per heavy atom. The van der Waals surface area contributed by atoms with E-state index in [0.717, 1.165) is 5.69 Å². The minimum absolute atomic E-state index is 0.288. The molecule has 0 saturated heterocycles. The van der Waals surface area contributed by atoms with Gasteiger partial charge in [-0.1, -0.05) is 23.4 Å². The summed E-state index contributed by atoms with van der Waals surface area (Å²) >= 11 is 0. The van der Waals surface area contributed by atoms with E-state index in [1.807, 2.05) is 30.3 Å². The second-order valence-corrected chi connectivity index (χ2v) is 3.13. The maximum absolute atomic E-state index is 5.35. The van der Waals surface area contributed by atoms with Gasteiger partial charge in [-0.2, -0.15) is 5.21 Å². The summed E-state index contributed by atoms with van der Waals surface area (Å²) in [7, 11) is 0. The number of nitrogens with two attached hydrogens (primary N) is 1. The minimum Gasteiger partial charge on any atom is -0.325 e. The second-order valence-electron chi connectivity index (χ2n) is 3.13. The van der Waals surface area contributed by atoms with Crippen LogP contribution in [0.15, 0.2) is 35.3 Å². The maximum Gasteiger partial charge on any atom is 0.210 e. The third kappa shape index (κ3) is 3.24. The van der Waals surface area contributed by atoms with Crippen molar-refractivity contribution in [3.63, 3.8) is 0 Å². The number of aromatic amines is 1. The molecule has 0 spiro atoms. The fraction of sp³-hybridized carbons (Fsp3) is 0.111. The van der Waals surface area contributed by atoms with Crippen LogP contribution in [0.1, 0.15) is 5.82 Å². The molecule has 1 heterocycles. The van der Waals surface area contributed by atoms with E-state index in [2.05, 4.69) is 36.4 Å². The van der Waals surface area contributed by atoms with Crippen molar-refractivity contribution in [1.82, 2.24) is 26.0 Å².